The van der Waals surface area contributed by atoms with Gasteiger partial charge in [0.05, 0.1) is 21.6 Å². The van der Waals surface area contributed by atoms with E-state index in [2.05, 4.69) is 23.9 Å². The lowest BCUT2D eigenvalue weighted by Crippen LogP contribution is -2.33. The minimum Gasteiger partial charge on any atom is -0.322 e. The summed E-state index contributed by atoms with van der Waals surface area (Å²) in [5, 5.41) is 2.73. The molecule has 192 valence electrons. The van der Waals surface area contributed by atoms with E-state index in [-0.39, 0.29) is 11.1 Å². The van der Waals surface area contributed by atoms with Crippen LogP contribution in [0.25, 0.3) is 0 Å². The van der Waals surface area contributed by atoms with Gasteiger partial charge in [-0.05, 0) is 86.8 Å². The first-order valence-corrected chi connectivity index (χ1v) is 13.3. The third-order valence-electron chi connectivity index (χ3n) is 6.17. The van der Waals surface area contributed by atoms with Crippen LogP contribution in [-0.4, -0.2) is 30.9 Å². The van der Waals surface area contributed by atoms with Gasteiger partial charge in [0.25, 0.3) is 17.7 Å². The predicted molar refractivity (Wildman–Crippen MR) is 145 cm³/mol. The average molecular weight is 520 g/mol. The van der Waals surface area contributed by atoms with Gasteiger partial charge in [0.15, 0.2) is 0 Å². The lowest BCUT2D eigenvalue weighted by Gasteiger charge is -2.20. The van der Waals surface area contributed by atoms with Crippen molar-refractivity contribution in [1.82, 2.24) is 0 Å². The molecule has 9 heteroatoms. The van der Waals surface area contributed by atoms with E-state index < -0.39 is 32.5 Å². The molecule has 3 amide bonds. The second-order valence-corrected chi connectivity index (χ2v) is 12.6. The molecule has 1 aliphatic rings. The zero-order valence-electron chi connectivity index (χ0n) is 21.3. The number of carbonyl (C=O) groups excluding carboxylic acids is 3. The highest BCUT2D eigenvalue weighted by molar-refractivity contribution is 7.94. The summed E-state index contributed by atoms with van der Waals surface area (Å²) in [7, 11) is -3.59. The number of rotatable bonds is 6. The van der Waals surface area contributed by atoms with Gasteiger partial charge in [0.1, 0.15) is 0 Å². The van der Waals surface area contributed by atoms with Crippen molar-refractivity contribution >= 4 is 44.8 Å². The molecule has 3 aromatic rings. The minimum absolute atomic E-state index is 0.211. The molecule has 37 heavy (non-hydrogen) atoms. The number of anilines is 3. The fourth-order valence-corrected chi connectivity index (χ4v) is 4.52. The topological polar surface area (TPSA) is 113 Å². The summed E-state index contributed by atoms with van der Waals surface area (Å²) in [6.45, 7) is 8.90. The summed E-state index contributed by atoms with van der Waals surface area (Å²) in [4.78, 5) is 39.9. The third kappa shape index (κ3) is 5.13. The first-order chi connectivity index (χ1) is 17.3. The average Bonchev–Trinajstić information content (AvgIpc) is 3.08. The van der Waals surface area contributed by atoms with Gasteiger partial charge < -0.3 is 5.32 Å². The summed E-state index contributed by atoms with van der Waals surface area (Å²) >= 11 is 0. The largest absolute Gasteiger partial charge is 0.322 e. The van der Waals surface area contributed by atoms with Crippen LogP contribution in [0.15, 0.2) is 66.7 Å². The number of nitrogens with one attached hydrogen (secondary N) is 2. The molecule has 4 rings (SSSR count). The summed E-state index contributed by atoms with van der Waals surface area (Å²) in [5.74, 6) is -0.984. The van der Waals surface area contributed by atoms with Gasteiger partial charge in [-0.25, -0.2) is 13.3 Å². The smallest absolute Gasteiger partial charge is 0.266 e. The van der Waals surface area contributed by atoms with Crippen molar-refractivity contribution in [2.75, 3.05) is 14.9 Å². The molecular formula is C28H29N3O5S. The van der Waals surface area contributed by atoms with Gasteiger partial charge in [-0.1, -0.05) is 26.0 Å². The van der Waals surface area contributed by atoms with Gasteiger partial charge in [-0.15, -0.1) is 0 Å². The second kappa shape index (κ2) is 9.48. The van der Waals surface area contributed by atoms with Crippen molar-refractivity contribution in [3.05, 3.63) is 89.0 Å². The van der Waals surface area contributed by atoms with Crippen LogP contribution in [0.4, 0.5) is 17.1 Å². The summed E-state index contributed by atoms with van der Waals surface area (Å²) < 4.78 is 26.2. The van der Waals surface area contributed by atoms with E-state index in [1.54, 1.807) is 39.0 Å². The maximum absolute atomic E-state index is 13.1. The highest BCUT2D eigenvalue weighted by Gasteiger charge is 2.37. The minimum atomic E-state index is -3.59. The number of benzene rings is 3. The van der Waals surface area contributed by atoms with E-state index in [1.807, 2.05) is 12.1 Å². The normalized spacial score (nSPS) is 13.6. The van der Waals surface area contributed by atoms with Crippen molar-refractivity contribution in [2.45, 2.75) is 45.3 Å². The van der Waals surface area contributed by atoms with Gasteiger partial charge in [-0.2, -0.15) is 0 Å². The lowest BCUT2D eigenvalue weighted by atomic mass is 10.0. The summed E-state index contributed by atoms with van der Waals surface area (Å²) in [6, 6.07) is 17.9. The molecule has 8 nitrogen and oxygen atoms in total. The Labute approximate surface area is 216 Å². The number of carbonyl (C=O) groups is 3. The van der Waals surface area contributed by atoms with Crippen molar-refractivity contribution in [2.24, 2.45) is 0 Å². The highest BCUT2D eigenvalue weighted by Crippen LogP contribution is 2.31. The third-order valence-corrected chi connectivity index (χ3v) is 8.28. The molecule has 0 atom stereocenters. The summed E-state index contributed by atoms with van der Waals surface area (Å²) in [5.41, 5.74) is 3.07. The molecule has 0 bridgehead atoms. The predicted octanol–water partition coefficient (Wildman–Crippen LogP) is 5.40. The van der Waals surface area contributed by atoms with E-state index in [0.717, 1.165) is 10.5 Å². The van der Waals surface area contributed by atoms with E-state index >= 15 is 0 Å². The van der Waals surface area contributed by atoms with Gasteiger partial charge in [-0.3, -0.25) is 19.1 Å². The van der Waals surface area contributed by atoms with E-state index in [9.17, 15) is 22.8 Å². The Morgan fingerprint density at radius 3 is 1.95 bits per heavy atom. The Morgan fingerprint density at radius 2 is 1.38 bits per heavy atom. The van der Waals surface area contributed by atoms with Crippen molar-refractivity contribution in [3.8, 4) is 0 Å². The summed E-state index contributed by atoms with van der Waals surface area (Å²) in [6.07, 6.45) is 0. The van der Waals surface area contributed by atoms with Crippen LogP contribution in [0.1, 0.15) is 77.2 Å². The fraction of sp³-hybridized carbons (Fsp3) is 0.250. The number of nitrogens with zero attached hydrogens (tertiary/aromatic N) is 1. The number of amides is 3. The quantitative estimate of drug-likeness (QED) is 0.423. The van der Waals surface area contributed by atoms with Crippen LogP contribution in [0.2, 0.25) is 0 Å². The van der Waals surface area contributed by atoms with E-state index in [4.69, 9.17) is 0 Å². The Bertz CT molecular complexity index is 1490. The molecule has 0 saturated heterocycles. The van der Waals surface area contributed by atoms with Crippen LogP contribution in [-0.2, 0) is 10.0 Å². The van der Waals surface area contributed by atoms with Crippen LogP contribution >= 0.6 is 0 Å². The van der Waals surface area contributed by atoms with Gasteiger partial charge >= 0.3 is 0 Å². The molecule has 1 heterocycles. The Balaban J connectivity index is 1.49. The molecule has 2 N–H and O–H groups in total. The molecule has 0 aromatic heterocycles. The van der Waals surface area contributed by atoms with Gasteiger partial charge in [0.2, 0.25) is 10.0 Å². The standard InChI is InChI=1S/C28H29N3O5S/c1-17(2)18-8-13-22(14-9-18)31-26(33)23-15-12-21(16-24(23)27(31)34)29-25(32)19-6-10-20(11-7-19)30-37(35,36)28(3,4)5/h6-17,30H,1-5H3,(H,29,32). The van der Waals surface area contributed by atoms with E-state index in [1.165, 1.54) is 36.4 Å². The SMILES string of the molecule is CC(C)c1ccc(N2C(=O)c3ccc(NC(=O)c4ccc(NS(=O)(=O)C(C)(C)C)cc4)cc3C2=O)cc1. The Morgan fingerprint density at radius 1 is 0.811 bits per heavy atom. The number of hydrogen-bond acceptors (Lipinski definition) is 5. The highest BCUT2D eigenvalue weighted by atomic mass is 32.2. The van der Waals surface area contributed by atoms with Crippen LogP contribution in [0, 0.1) is 0 Å². The molecule has 1 aliphatic heterocycles. The molecule has 0 spiro atoms. The van der Waals surface area contributed by atoms with Crippen molar-refractivity contribution < 1.29 is 22.8 Å². The Kier molecular flexibility index (Phi) is 6.68. The zero-order chi connectivity index (χ0) is 27.1. The van der Waals surface area contributed by atoms with Crippen molar-refractivity contribution in [3.63, 3.8) is 0 Å². The molecule has 0 radical (unpaired) electrons. The van der Waals surface area contributed by atoms with Crippen LogP contribution in [0.3, 0.4) is 0 Å². The van der Waals surface area contributed by atoms with Crippen molar-refractivity contribution in [1.29, 1.82) is 0 Å². The first-order valence-electron chi connectivity index (χ1n) is 11.8. The Hall–Kier alpha value is -3.98. The number of hydrogen-bond donors (Lipinski definition) is 2. The monoisotopic (exact) mass is 519 g/mol. The maximum Gasteiger partial charge on any atom is 0.266 e. The number of imide groups is 1. The molecule has 0 unspecified atom stereocenters. The molecule has 0 fully saturated rings. The number of sulfonamides is 1. The van der Waals surface area contributed by atoms with Crippen LogP contribution < -0.4 is 14.9 Å². The molecular weight excluding hydrogens is 490 g/mol. The van der Waals surface area contributed by atoms with E-state index in [0.29, 0.717) is 28.5 Å². The zero-order valence-corrected chi connectivity index (χ0v) is 22.1. The van der Waals surface area contributed by atoms with Gasteiger partial charge in [0, 0.05) is 16.9 Å². The fourth-order valence-electron chi connectivity index (χ4n) is 3.76. The first kappa shape index (κ1) is 26.1. The molecule has 0 aliphatic carbocycles. The second-order valence-electron chi connectivity index (χ2n) is 10.2. The molecule has 0 saturated carbocycles. The number of fused-ring (bicyclic) bond motifs is 1. The molecule has 3 aromatic carbocycles. The van der Waals surface area contributed by atoms with Crippen LogP contribution in [0.5, 0.6) is 0 Å². The lowest BCUT2D eigenvalue weighted by molar-refractivity contribution is 0.0924. The maximum atomic E-state index is 13.1.